The summed E-state index contributed by atoms with van der Waals surface area (Å²) in [6, 6.07) is 0. The Kier molecular flexibility index (Phi) is 3.43. The van der Waals surface area contributed by atoms with Crippen molar-refractivity contribution in [3.05, 3.63) is 23.5 Å². The predicted octanol–water partition coefficient (Wildman–Crippen LogP) is 5.48. The largest absolute Gasteiger partial charge is 0.497 e. The van der Waals surface area contributed by atoms with Gasteiger partial charge in [0.2, 0.25) is 0 Å². The van der Waals surface area contributed by atoms with Crippen molar-refractivity contribution in [2.24, 2.45) is 29.1 Å². The molecule has 1 nitrogen and oxygen atoms in total. The summed E-state index contributed by atoms with van der Waals surface area (Å²) in [5, 5.41) is 0. The van der Waals surface area contributed by atoms with Crippen molar-refractivity contribution in [2.45, 2.75) is 64.7 Å². The van der Waals surface area contributed by atoms with Crippen molar-refractivity contribution < 1.29 is 4.74 Å². The van der Waals surface area contributed by atoms with Crippen LogP contribution in [0.5, 0.6) is 0 Å². The molecule has 0 aromatic carbocycles. The second-order valence-electron chi connectivity index (χ2n) is 8.31. The zero-order valence-electron chi connectivity index (χ0n) is 13.7. The quantitative estimate of drug-likeness (QED) is 0.667. The molecule has 0 aliphatic heterocycles. The third-order valence-electron chi connectivity index (χ3n) is 7.06. The Morgan fingerprint density at radius 3 is 2.52 bits per heavy atom. The molecule has 5 rings (SSSR count). The molecule has 0 saturated heterocycles. The number of allylic oxidation sites excluding steroid dienone is 3. The monoisotopic (exact) mass is 286 g/mol. The van der Waals surface area contributed by atoms with E-state index in [2.05, 4.69) is 19.1 Å². The highest BCUT2D eigenvalue weighted by atomic mass is 16.5. The molecule has 0 radical (unpaired) electrons. The average Bonchev–Trinajstić information content (AvgIpc) is 2.71. The predicted molar refractivity (Wildman–Crippen MR) is 86.8 cm³/mol. The molecule has 0 aromatic rings. The van der Waals surface area contributed by atoms with Crippen LogP contribution in [0.15, 0.2) is 23.5 Å². The Morgan fingerprint density at radius 1 is 1.14 bits per heavy atom. The molecule has 3 unspecified atom stereocenters. The van der Waals surface area contributed by atoms with Crippen molar-refractivity contribution in [3.8, 4) is 0 Å². The van der Waals surface area contributed by atoms with Crippen LogP contribution >= 0.6 is 0 Å². The first kappa shape index (κ1) is 13.9. The first-order chi connectivity index (χ1) is 10.2. The molecule has 116 valence electrons. The molecule has 21 heavy (non-hydrogen) atoms. The van der Waals surface area contributed by atoms with E-state index in [1.165, 1.54) is 63.5 Å². The summed E-state index contributed by atoms with van der Waals surface area (Å²) < 4.78 is 5.82. The number of rotatable bonds is 3. The number of fused-ring (bicyclic) bond motifs is 1. The standard InChI is InChI=1S/C20H30O/c1-3-14-4-5-19(21-2)18(11-14)20-7-6-15-8-16(12-20)10-17(9-15)13-20/h4-5,14-17H,3,6-13H2,1-2H3. The van der Waals surface area contributed by atoms with Crippen LogP contribution in [-0.4, -0.2) is 7.11 Å². The summed E-state index contributed by atoms with van der Waals surface area (Å²) in [5.74, 6) is 5.04. The minimum Gasteiger partial charge on any atom is -0.497 e. The minimum absolute atomic E-state index is 0.502. The van der Waals surface area contributed by atoms with E-state index in [9.17, 15) is 0 Å². The zero-order valence-corrected chi connectivity index (χ0v) is 13.7. The van der Waals surface area contributed by atoms with Crippen LogP contribution in [0.3, 0.4) is 0 Å². The first-order valence-corrected chi connectivity index (χ1v) is 9.18. The Balaban J connectivity index is 1.72. The fourth-order valence-corrected chi connectivity index (χ4v) is 6.25. The van der Waals surface area contributed by atoms with E-state index in [1.807, 2.05) is 7.11 Å². The van der Waals surface area contributed by atoms with Crippen LogP contribution in [0.2, 0.25) is 0 Å². The van der Waals surface area contributed by atoms with E-state index in [4.69, 9.17) is 4.74 Å². The summed E-state index contributed by atoms with van der Waals surface area (Å²) in [6.07, 6.45) is 17.6. The molecule has 4 saturated carbocycles. The molecule has 0 N–H and O–H groups in total. The van der Waals surface area contributed by atoms with Crippen molar-refractivity contribution in [1.29, 1.82) is 0 Å². The highest BCUT2D eigenvalue weighted by Crippen LogP contribution is 2.61. The van der Waals surface area contributed by atoms with Gasteiger partial charge in [-0.25, -0.2) is 0 Å². The maximum Gasteiger partial charge on any atom is 0.118 e. The van der Waals surface area contributed by atoms with Crippen LogP contribution in [0.4, 0.5) is 0 Å². The summed E-state index contributed by atoms with van der Waals surface area (Å²) in [5.41, 5.74) is 2.21. The van der Waals surface area contributed by atoms with E-state index >= 15 is 0 Å². The van der Waals surface area contributed by atoms with Gasteiger partial charge in [0.15, 0.2) is 0 Å². The Morgan fingerprint density at radius 2 is 1.86 bits per heavy atom. The zero-order chi connectivity index (χ0) is 14.4. The minimum atomic E-state index is 0.502. The first-order valence-electron chi connectivity index (χ1n) is 9.18. The fourth-order valence-electron chi connectivity index (χ4n) is 6.25. The maximum absolute atomic E-state index is 5.82. The Hall–Kier alpha value is -0.720. The van der Waals surface area contributed by atoms with Crippen LogP contribution in [-0.2, 0) is 4.74 Å². The molecule has 1 heteroatoms. The normalized spacial score (nSPS) is 45.0. The lowest BCUT2D eigenvalue weighted by atomic mass is 9.57. The lowest BCUT2D eigenvalue weighted by Crippen LogP contribution is -2.37. The summed E-state index contributed by atoms with van der Waals surface area (Å²) in [7, 11) is 1.87. The second-order valence-corrected chi connectivity index (χ2v) is 8.31. The topological polar surface area (TPSA) is 9.23 Å². The second kappa shape index (κ2) is 5.18. The molecule has 4 fully saturated rings. The summed E-state index contributed by atoms with van der Waals surface area (Å²) >= 11 is 0. The van der Waals surface area contributed by atoms with Gasteiger partial charge in [-0.05, 0) is 98.5 Å². The molecular weight excluding hydrogens is 256 g/mol. The van der Waals surface area contributed by atoms with Crippen LogP contribution in [0.1, 0.15) is 64.7 Å². The van der Waals surface area contributed by atoms with E-state index in [0.717, 1.165) is 23.7 Å². The molecule has 0 amide bonds. The van der Waals surface area contributed by atoms with E-state index in [-0.39, 0.29) is 0 Å². The van der Waals surface area contributed by atoms with Gasteiger partial charge in [-0.15, -0.1) is 0 Å². The van der Waals surface area contributed by atoms with Gasteiger partial charge in [0.05, 0.1) is 7.11 Å². The van der Waals surface area contributed by atoms with Crippen LogP contribution < -0.4 is 0 Å². The number of methoxy groups -OCH3 is 1. The average molecular weight is 286 g/mol. The summed E-state index contributed by atoms with van der Waals surface area (Å²) in [4.78, 5) is 0. The molecular formula is C20H30O. The van der Waals surface area contributed by atoms with Gasteiger partial charge in [0.25, 0.3) is 0 Å². The number of hydrogen-bond acceptors (Lipinski definition) is 1. The van der Waals surface area contributed by atoms with Gasteiger partial charge < -0.3 is 4.74 Å². The fraction of sp³-hybridized carbons (Fsp3) is 0.800. The highest BCUT2D eigenvalue weighted by Gasteiger charge is 2.50. The van der Waals surface area contributed by atoms with Gasteiger partial charge in [-0.2, -0.15) is 0 Å². The highest BCUT2D eigenvalue weighted by molar-refractivity contribution is 5.32. The number of ether oxygens (including phenoxy) is 1. The molecule has 0 spiro atoms. The Bertz CT molecular complexity index is 458. The van der Waals surface area contributed by atoms with Crippen LogP contribution in [0, 0.1) is 29.1 Å². The van der Waals surface area contributed by atoms with Gasteiger partial charge in [-0.3, -0.25) is 0 Å². The third kappa shape index (κ3) is 2.28. The van der Waals surface area contributed by atoms with Crippen molar-refractivity contribution >= 4 is 0 Å². The maximum atomic E-state index is 5.82. The van der Waals surface area contributed by atoms with Gasteiger partial charge in [0.1, 0.15) is 5.76 Å². The van der Waals surface area contributed by atoms with E-state index in [1.54, 1.807) is 5.57 Å². The molecule has 0 heterocycles. The van der Waals surface area contributed by atoms with E-state index in [0.29, 0.717) is 5.41 Å². The van der Waals surface area contributed by atoms with Gasteiger partial charge in [-0.1, -0.05) is 13.0 Å². The van der Waals surface area contributed by atoms with Crippen molar-refractivity contribution in [1.82, 2.24) is 0 Å². The van der Waals surface area contributed by atoms with Crippen molar-refractivity contribution in [3.63, 3.8) is 0 Å². The molecule has 0 aromatic heterocycles. The third-order valence-corrected chi connectivity index (χ3v) is 7.06. The van der Waals surface area contributed by atoms with Gasteiger partial charge in [0, 0.05) is 0 Å². The van der Waals surface area contributed by atoms with E-state index < -0.39 is 0 Å². The lowest BCUT2D eigenvalue weighted by Gasteiger charge is -2.48. The SMILES string of the molecule is CCC1C=CC(OC)=C(C23CCC4CC(CC(C4)C2)C3)C1. The number of hydrogen-bond donors (Lipinski definition) is 0. The summed E-state index contributed by atoms with van der Waals surface area (Å²) in [6.45, 7) is 2.33. The molecule has 5 aliphatic carbocycles. The van der Waals surface area contributed by atoms with Crippen LogP contribution in [0.25, 0.3) is 0 Å². The molecule has 3 atom stereocenters. The molecule has 5 aliphatic rings. The smallest absolute Gasteiger partial charge is 0.118 e. The Labute approximate surface area is 129 Å². The molecule has 4 bridgehead atoms. The van der Waals surface area contributed by atoms with Crippen molar-refractivity contribution in [2.75, 3.05) is 7.11 Å². The van der Waals surface area contributed by atoms with Gasteiger partial charge >= 0.3 is 0 Å². The lowest BCUT2D eigenvalue weighted by molar-refractivity contribution is 0.0824.